The predicted molar refractivity (Wildman–Crippen MR) is 59.6 cm³/mol. The number of hydrogen-bond donors (Lipinski definition) is 1. The second-order valence-corrected chi connectivity index (χ2v) is 4.75. The van der Waals surface area contributed by atoms with Crippen molar-refractivity contribution in [2.24, 2.45) is 5.73 Å². The Balaban J connectivity index is 1.75. The first-order valence-electron chi connectivity index (χ1n) is 5.23. The molecule has 1 fully saturated rings. The van der Waals surface area contributed by atoms with Crippen molar-refractivity contribution in [1.29, 1.82) is 0 Å². The van der Waals surface area contributed by atoms with Gasteiger partial charge in [0, 0.05) is 12.6 Å². The van der Waals surface area contributed by atoms with Crippen molar-refractivity contribution in [3.8, 4) is 0 Å². The second-order valence-electron chi connectivity index (χ2n) is 3.97. The zero-order valence-electron chi connectivity index (χ0n) is 8.32. The summed E-state index contributed by atoms with van der Waals surface area (Å²) < 4.78 is 5.57. The Kier molecular flexibility index (Phi) is 3.56. The van der Waals surface area contributed by atoms with Crippen molar-refractivity contribution >= 4 is 11.3 Å². The van der Waals surface area contributed by atoms with Gasteiger partial charge in [-0.2, -0.15) is 11.3 Å². The van der Waals surface area contributed by atoms with Gasteiger partial charge in [-0.3, -0.25) is 0 Å². The maximum Gasteiger partial charge on any atom is 0.0590 e. The van der Waals surface area contributed by atoms with Crippen LogP contribution in [0.2, 0.25) is 0 Å². The first kappa shape index (κ1) is 10.1. The van der Waals surface area contributed by atoms with Crippen LogP contribution in [0, 0.1) is 0 Å². The van der Waals surface area contributed by atoms with Crippen molar-refractivity contribution in [3.63, 3.8) is 0 Å². The fourth-order valence-corrected chi connectivity index (χ4v) is 2.64. The van der Waals surface area contributed by atoms with E-state index < -0.39 is 0 Å². The molecule has 1 aliphatic heterocycles. The summed E-state index contributed by atoms with van der Waals surface area (Å²) in [6.45, 7) is 0.926. The summed E-state index contributed by atoms with van der Waals surface area (Å²) in [7, 11) is 0. The lowest BCUT2D eigenvalue weighted by Crippen LogP contribution is -2.27. The molecule has 78 valence electrons. The second kappa shape index (κ2) is 4.91. The monoisotopic (exact) mass is 211 g/mol. The Bertz CT molecular complexity index is 254. The highest BCUT2D eigenvalue weighted by Crippen LogP contribution is 2.18. The quantitative estimate of drug-likeness (QED) is 0.828. The smallest absolute Gasteiger partial charge is 0.0590 e. The average Bonchev–Trinajstić information content (AvgIpc) is 2.76. The zero-order valence-corrected chi connectivity index (χ0v) is 9.13. The van der Waals surface area contributed by atoms with Gasteiger partial charge in [-0.15, -0.1) is 0 Å². The topological polar surface area (TPSA) is 35.2 Å². The first-order chi connectivity index (χ1) is 6.84. The Hall–Kier alpha value is -0.380. The molecule has 2 heterocycles. The van der Waals surface area contributed by atoms with Gasteiger partial charge in [-0.25, -0.2) is 0 Å². The molecule has 1 aliphatic rings. The molecule has 0 saturated carbocycles. The van der Waals surface area contributed by atoms with Gasteiger partial charge in [0.1, 0.15) is 0 Å². The number of thiophene rings is 1. The van der Waals surface area contributed by atoms with Crippen LogP contribution in [0.15, 0.2) is 16.8 Å². The molecule has 2 N–H and O–H groups in total. The molecule has 0 aromatic carbocycles. The zero-order chi connectivity index (χ0) is 9.80. The van der Waals surface area contributed by atoms with Crippen molar-refractivity contribution in [2.75, 3.05) is 6.61 Å². The molecule has 14 heavy (non-hydrogen) atoms. The van der Waals surface area contributed by atoms with Gasteiger partial charge < -0.3 is 10.5 Å². The number of ether oxygens (including phenoxy) is 1. The summed E-state index contributed by atoms with van der Waals surface area (Å²) >= 11 is 1.74. The first-order valence-corrected chi connectivity index (χ1v) is 6.17. The van der Waals surface area contributed by atoms with Gasteiger partial charge >= 0.3 is 0 Å². The molecule has 0 spiro atoms. The molecule has 2 nitrogen and oxygen atoms in total. The lowest BCUT2D eigenvalue weighted by atomic mass is 10.0. The SMILES string of the molecule is NC(Cc1ccsc1)CC1CCCO1. The van der Waals surface area contributed by atoms with E-state index in [1.54, 1.807) is 11.3 Å². The molecule has 0 amide bonds. The molecule has 2 unspecified atom stereocenters. The normalized spacial score (nSPS) is 23.9. The Morgan fingerprint density at radius 3 is 3.21 bits per heavy atom. The van der Waals surface area contributed by atoms with Crippen LogP contribution in [-0.2, 0) is 11.2 Å². The Morgan fingerprint density at radius 1 is 1.64 bits per heavy atom. The predicted octanol–water partition coefficient (Wildman–Crippen LogP) is 2.19. The summed E-state index contributed by atoms with van der Waals surface area (Å²) in [6, 6.07) is 2.41. The molecular formula is C11H17NOS. The van der Waals surface area contributed by atoms with Gasteiger partial charge in [-0.05, 0) is 48.1 Å². The van der Waals surface area contributed by atoms with Gasteiger partial charge in [0.25, 0.3) is 0 Å². The van der Waals surface area contributed by atoms with Crippen LogP contribution < -0.4 is 5.73 Å². The van der Waals surface area contributed by atoms with E-state index in [2.05, 4.69) is 16.8 Å². The minimum atomic E-state index is 0.257. The van der Waals surface area contributed by atoms with E-state index in [0.29, 0.717) is 6.10 Å². The van der Waals surface area contributed by atoms with Crippen LogP contribution in [-0.4, -0.2) is 18.8 Å². The number of nitrogens with two attached hydrogens (primary N) is 1. The summed E-state index contributed by atoms with van der Waals surface area (Å²) in [6.07, 6.45) is 4.82. The van der Waals surface area contributed by atoms with Crippen LogP contribution in [0.4, 0.5) is 0 Å². The molecule has 3 heteroatoms. The Labute approximate surface area is 89.1 Å². The third kappa shape index (κ3) is 2.80. The van der Waals surface area contributed by atoms with E-state index in [0.717, 1.165) is 19.4 Å². The van der Waals surface area contributed by atoms with Crippen LogP contribution in [0.5, 0.6) is 0 Å². The summed E-state index contributed by atoms with van der Waals surface area (Å²) in [5.74, 6) is 0. The highest BCUT2D eigenvalue weighted by atomic mass is 32.1. The van der Waals surface area contributed by atoms with Gasteiger partial charge in [-0.1, -0.05) is 0 Å². The lowest BCUT2D eigenvalue weighted by Gasteiger charge is -2.15. The van der Waals surface area contributed by atoms with Crippen LogP contribution in [0.1, 0.15) is 24.8 Å². The molecule has 0 aliphatic carbocycles. The standard InChI is InChI=1S/C11H17NOS/c12-10(6-9-3-5-14-8-9)7-11-2-1-4-13-11/h3,5,8,10-11H,1-2,4,6-7,12H2. The molecule has 0 radical (unpaired) electrons. The number of hydrogen-bond acceptors (Lipinski definition) is 3. The van der Waals surface area contributed by atoms with Crippen LogP contribution in [0.3, 0.4) is 0 Å². The molecular weight excluding hydrogens is 194 g/mol. The largest absolute Gasteiger partial charge is 0.378 e. The van der Waals surface area contributed by atoms with Crippen LogP contribution in [0.25, 0.3) is 0 Å². The van der Waals surface area contributed by atoms with E-state index in [1.807, 2.05) is 0 Å². The maximum atomic E-state index is 6.07. The fourth-order valence-electron chi connectivity index (χ4n) is 1.96. The van der Waals surface area contributed by atoms with Crippen molar-refractivity contribution < 1.29 is 4.74 Å². The fraction of sp³-hybridized carbons (Fsp3) is 0.636. The molecule has 2 rings (SSSR count). The van der Waals surface area contributed by atoms with Crippen molar-refractivity contribution in [2.45, 2.75) is 37.8 Å². The van der Waals surface area contributed by atoms with E-state index in [9.17, 15) is 0 Å². The summed E-state index contributed by atoms with van der Waals surface area (Å²) in [5, 5.41) is 4.28. The molecule has 1 saturated heterocycles. The summed E-state index contributed by atoms with van der Waals surface area (Å²) in [4.78, 5) is 0. The molecule has 1 aromatic rings. The minimum Gasteiger partial charge on any atom is -0.378 e. The van der Waals surface area contributed by atoms with Gasteiger partial charge in [0.2, 0.25) is 0 Å². The van der Waals surface area contributed by atoms with Crippen LogP contribution >= 0.6 is 11.3 Å². The average molecular weight is 211 g/mol. The Morgan fingerprint density at radius 2 is 2.57 bits per heavy atom. The van der Waals surface area contributed by atoms with Crippen molar-refractivity contribution in [3.05, 3.63) is 22.4 Å². The molecule has 2 atom stereocenters. The van der Waals surface area contributed by atoms with E-state index in [4.69, 9.17) is 10.5 Å². The van der Waals surface area contributed by atoms with Crippen molar-refractivity contribution in [1.82, 2.24) is 0 Å². The third-order valence-electron chi connectivity index (χ3n) is 2.67. The third-order valence-corrected chi connectivity index (χ3v) is 3.40. The van der Waals surface area contributed by atoms with E-state index >= 15 is 0 Å². The molecule has 1 aromatic heterocycles. The lowest BCUT2D eigenvalue weighted by molar-refractivity contribution is 0.0983. The molecule has 0 bridgehead atoms. The number of rotatable bonds is 4. The van der Waals surface area contributed by atoms with Gasteiger partial charge in [0.15, 0.2) is 0 Å². The van der Waals surface area contributed by atoms with E-state index in [-0.39, 0.29) is 6.04 Å². The minimum absolute atomic E-state index is 0.257. The maximum absolute atomic E-state index is 6.07. The highest BCUT2D eigenvalue weighted by molar-refractivity contribution is 7.07. The summed E-state index contributed by atoms with van der Waals surface area (Å²) in [5.41, 5.74) is 7.43. The highest BCUT2D eigenvalue weighted by Gasteiger charge is 2.18. The van der Waals surface area contributed by atoms with E-state index in [1.165, 1.54) is 18.4 Å². The van der Waals surface area contributed by atoms with Gasteiger partial charge in [0.05, 0.1) is 6.10 Å².